The van der Waals surface area contributed by atoms with Gasteiger partial charge in [-0.15, -0.1) is 0 Å². The van der Waals surface area contributed by atoms with E-state index in [1.807, 2.05) is 6.92 Å². The zero-order chi connectivity index (χ0) is 13.3. The fraction of sp³-hybridized carbons (Fsp3) is 1.00. The summed E-state index contributed by atoms with van der Waals surface area (Å²) in [5.41, 5.74) is 0. The lowest BCUT2D eigenvalue weighted by atomic mass is 10.1. The van der Waals surface area contributed by atoms with E-state index < -0.39 is 6.10 Å². The van der Waals surface area contributed by atoms with E-state index >= 15 is 0 Å². The molecule has 0 bridgehead atoms. The van der Waals surface area contributed by atoms with Gasteiger partial charge < -0.3 is 19.9 Å². The maximum absolute atomic E-state index is 9.72. The molecular formula is C13H29NO3. The van der Waals surface area contributed by atoms with Crippen molar-refractivity contribution in [1.29, 1.82) is 0 Å². The van der Waals surface area contributed by atoms with Gasteiger partial charge in [0, 0.05) is 19.7 Å². The molecule has 0 saturated heterocycles. The van der Waals surface area contributed by atoms with Crippen LogP contribution in [-0.4, -0.2) is 50.2 Å². The number of ether oxygens (including phenoxy) is 2. The molecule has 0 aliphatic carbocycles. The molecule has 2 N–H and O–H groups in total. The number of rotatable bonds is 10. The van der Waals surface area contributed by atoms with Crippen LogP contribution in [0.25, 0.3) is 0 Å². The molecule has 0 amide bonds. The fourth-order valence-corrected chi connectivity index (χ4v) is 1.74. The molecule has 0 radical (unpaired) electrons. The second-order valence-electron chi connectivity index (χ2n) is 5.19. The van der Waals surface area contributed by atoms with Crippen molar-refractivity contribution in [2.45, 2.75) is 52.4 Å². The summed E-state index contributed by atoms with van der Waals surface area (Å²) in [6.45, 7) is 9.96. The van der Waals surface area contributed by atoms with E-state index in [0.29, 0.717) is 31.7 Å². The first-order chi connectivity index (χ1) is 7.95. The summed E-state index contributed by atoms with van der Waals surface area (Å²) in [4.78, 5) is 0. The van der Waals surface area contributed by atoms with E-state index in [9.17, 15) is 5.11 Å². The molecule has 0 fully saturated rings. The number of aliphatic hydroxyl groups is 1. The highest BCUT2D eigenvalue weighted by atomic mass is 16.5. The Morgan fingerprint density at radius 2 is 1.76 bits per heavy atom. The molecule has 0 aliphatic heterocycles. The molecule has 4 heteroatoms. The molecule has 0 saturated carbocycles. The zero-order valence-electron chi connectivity index (χ0n) is 11.9. The molecule has 0 spiro atoms. The quantitative estimate of drug-likeness (QED) is 0.613. The molecule has 0 aromatic carbocycles. The van der Waals surface area contributed by atoms with Crippen LogP contribution in [0.15, 0.2) is 0 Å². The molecule has 0 aliphatic rings. The van der Waals surface area contributed by atoms with Crippen LogP contribution in [0.2, 0.25) is 0 Å². The molecule has 4 nitrogen and oxygen atoms in total. The first kappa shape index (κ1) is 16.8. The van der Waals surface area contributed by atoms with E-state index in [1.54, 1.807) is 7.11 Å². The van der Waals surface area contributed by atoms with Crippen LogP contribution >= 0.6 is 0 Å². The minimum absolute atomic E-state index is 0.0303. The van der Waals surface area contributed by atoms with Crippen LogP contribution in [0, 0.1) is 5.92 Å². The second-order valence-corrected chi connectivity index (χ2v) is 5.19. The number of hydrogen-bond acceptors (Lipinski definition) is 4. The van der Waals surface area contributed by atoms with Gasteiger partial charge in [-0.25, -0.2) is 0 Å². The Bertz CT molecular complexity index is 176. The average Bonchev–Trinajstić information content (AvgIpc) is 2.23. The van der Waals surface area contributed by atoms with Crippen LogP contribution in [-0.2, 0) is 9.47 Å². The van der Waals surface area contributed by atoms with Gasteiger partial charge >= 0.3 is 0 Å². The summed E-state index contributed by atoms with van der Waals surface area (Å²) in [6, 6.07) is 0.432. The van der Waals surface area contributed by atoms with E-state index in [2.05, 4.69) is 26.1 Å². The van der Waals surface area contributed by atoms with Crippen LogP contribution in [0.3, 0.4) is 0 Å². The van der Waals surface area contributed by atoms with E-state index in [1.165, 1.54) is 0 Å². The Balaban J connectivity index is 3.55. The fourth-order valence-electron chi connectivity index (χ4n) is 1.74. The van der Waals surface area contributed by atoms with Crippen molar-refractivity contribution in [2.24, 2.45) is 5.92 Å². The maximum atomic E-state index is 9.72. The van der Waals surface area contributed by atoms with Gasteiger partial charge in [0.05, 0.1) is 25.4 Å². The van der Waals surface area contributed by atoms with Crippen molar-refractivity contribution in [3.8, 4) is 0 Å². The minimum atomic E-state index is -0.455. The molecule has 3 atom stereocenters. The zero-order valence-corrected chi connectivity index (χ0v) is 11.9. The summed E-state index contributed by atoms with van der Waals surface area (Å²) in [5, 5.41) is 13.0. The van der Waals surface area contributed by atoms with Gasteiger partial charge in [-0.05, 0) is 26.2 Å². The van der Waals surface area contributed by atoms with Gasteiger partial charge in [-0.3, -0.25) is 0 Å². The van der Waals surface area contributed by atoms with Crippen molar-refractivity contribution in [3.63, 3.8) is 0 Å². The van der Waals surface area contributed by atoms with Gasteiger partial charge in [0.25, 0.3) is 0 Å². The average molecular weight is 247 g/mol. The van der Waals surface area contributed by atoms with E-state index in [0.717, 1.165) is 6.42 Å². The number of hydrogen-bond donors (Lipinski definition) is 2. The van der Waals surface area contributed by atoms with Gasteiger partial charge in [-0.2, -0.15) is 0 Å². The molecule has 0 aromatic rings. The third-order valence-electron chi connectivity index (χ3n) is 2.50. The van der Waals surface area contributed by atoms with Gasteiger partial charge in [0.1, 0.15) is 0 Å². The summed E-state index contributed by atoms with van der Waals surface area (Å²) < 4.78 is 10.4. The predicted molar refractivity (Wildman–Crippen MR) is 70.2 cm³/mol. The highest BCUT2D eigenvalue weighted by Gasteiger charge is 2.10. The summed E-state index contributed by atoms with van der Waals surface area (Å²) in [5.74, 6) is 0.674. The Labute approximate surface area is 106 Å². The largest absolute Gasteiger partial charge is 0.389 e. The van der Waals surface area contributed by atoms with Crippen molar-refractivity contribution < 1.29 is 14.6 Å². The Hall–Kier alpha value is -0.160. The minimum Gasteiger partial charge on any atom is -0.389 e. The van der Waals surface area contributed by atoms with Crippen molar-refractivity contribution in [2.75, 3.05) is 26.9 Å². The first-order valence-corrected chi connectivity index (χ1v) is 6.47. The summed E-state index contributed by atoms with van der Waals surface area (Å²) >= 11 is 0. The van der Waals surface area contributed by atoms with E-state index in [4.69, 9.17) is 9.47 Å². The monoisotopic (exact) mass is 247 g/mol. The molecule has 3 unspecified atom stereocenters. The number of methoxy groups -OCH3 is 1. The number of nitrogens with one attached hydrogen (secondary N) is 1. The van der Waals surface area contributed by atoms with Crippen LogP contribution in [0.5, 0.6) is 0 Å². The summed E-state index contributed by atoms with van der Waals surface area (Å²) in [6.07, 6.45) is 0.694. The van der Waals surface area contributed by atoms with Gasteiger partial charge in [0.2, 0.25) is 0 Å². The van der Waals surface area contributed by atoms with Crippen molar-refractivity contribution in [3.05, 3.63) is 0 Å². The third-order valence-corrected chi connectivity index (χ3v) is 2.50. The van der Waals surface area contributed by atoms with Crippen LogP contribution in [0.1, 0.15) is 34.1 Å². The van der Waals surface area contributed by atoms with Crippen LogP contribution < -0.4 is 5.32 Å². The Morgan fingerprint density at radius 1 is 1.12 bits per heavy atom. The Kier molecular flexibility index (Phi) is 9.74. The smallest absolute Gasteiger partial charge is 0.0897 e. The summed E-state index contributed by atoms with van der Waals surface area (Å²) in [7, 11) is 1.64. The molecule has 17 heavy (non-hydrogen) atoms. The first-order valence-electron chi connectivity index (χ1n) is 6.47. The van der Waals surface area contributed by atoms with Crippen molar-refractivity contribution in [1.82, 2.24) is 5.32 Å². The molecule has 104 valence electrons. The normalized spacial score (nSPS) is 17.1. The lowest BCUT2D eigenvalue weighted by molar-refractivity contribution is -0.0315. The van der Waals surface area contributed by atoms with E-state index in [-0.39, 0.29) is 6.10 Å². The number of aliphatic hydroxyl groups excluding tert-OH is 1. The lowest BCUT2D eigenvalue weighted by Crippen LogP contribution is -2.37. The molecule has 0 heterocycles. The van der Waals surface area contributed by atoms with Gasteiger partial charge in [-0.1, -0.05) is 13.8 Å². The SMILES string of the molecule is COCC(C)OCC(O)CNC(C)CC(C)C. The molecular weight excluding hydrogens is 218 g/mol. The Morgan fingerprint density at radius 3 is 2.29 bits per heavy atom. The predicted octanol–water partition coefficient (Wildman–Crippen LogP) is 1.42. The topological polar surface area (TPSA) is 50.7 Å². The van der Waals surface area contributed by atoms with Crippen LogP contribution in [0.4, 0.5) is 0 Å². The lowest BCUT2D eigenvalue weighted by Gasteiger charge is -2.20. The van der Waals surface area contributed by atoms with Crippen molar-refractivity contribution >= 4 is 0 Å². The third kappa shape index (κ3) is 10.7. The molecule has 0 aromatic heterocycles. The second kappa shape index (κ2) is 9.83. The molecule has 0 rings (SSSR count). The highest BCUT2D eigenvalue weighted by molar-refractivity contribution is 4.66. The highest BCUT2D eigenvalue weighted by Crippen LogP contribution is 2.03. The standard InChI is InChI=1S/C13H29NO3/c1-10(2)6-11(3)14-7-13(15)9-17-12(4)8-16-5/h10-15H,6-9H2,1-5H3. The van der Waals surface area contributed by atoms with Gasteiger partial charge in [0.15, 0.2) is 0 Å². The maximum Gasteiger partial charge on any atom is 0.0897 e.